The van der Waals surface area contributed by atoms with Gasteiger partial charge >= 0.3 is 183 Å². The minimum Gasteiger partial charge on any atom is -0.748 e. The zero-order chi connectivity index (χ0) is 59.3. The Labute approximate surface area is 634 Å². The van der Waals surface area contributed by atoms with Crippen LogP contribution in [0, 0.1) is 0 Å². The Morgan fingerprint density at radius 1 is 0.570 bits per heavy atom. The molecule has 34 heteroatoms. The number of fused-ring (bicyclic) bond motifs is 6. The second-order valence-electron chi connectivity index (χ2n) is 20.4. The van der Waals surface area contributed by atoms with Gasteiger partial charge in [-0.05, 0) is 124 Å². The fraction of sp³-hybridized carbons (Fsp3) is 0.327. The molecule has 0 spiro atoms. The van der Waals surface area contributed by atoms with Gasteiger partial charge in [-0.3, -0.25) is 4.79 Å². The Balaban J connectivity index is 0.00000616. The van der Waals surface area contributed by atoms with Gasteiger partial charge in [0, 0.05) is 58.9 Å². The Bertz CT molecular complexity index is 4220. The van der Waals surface area contributed by atoms with Crippen LogP contribution < -0.4 is 187 Å². The van der Waals surface area contributed by atoms with Gasteiger partial charge in [0.25, 0.3) is 0 Å². The molecule has 0 radical (unpaired) electrons. The monoisotopic (exact) mass is 1350 g/mol. The molecule has 5 aromatic rings. The van der Waals surface area contributed by atoms with Crippen molar-refractivity contribution < 1.29 is 265 Å². The molecule has 86 heavy (non-hydrogen) atoms. The number of rotatable bonds is 22. The third kappa shape index (κ3) is 20.3. The predicted octanol–water partition coefficient (Wildman–Crippen LogP) is -12.4. The van der Waals surface area contributed by atoms with Crippen LogP contribution in [-0.2, 0) is 82.8 Å². The topological polar surface area (TPSA) is 387 Å². The van der Waals surface area contributed by atoms with Crippen molar-refractivity contribution in [3.05, 3.63) is 137 Å². The van der Waals surface area contributed by atoms with Crippen LogP contribution in [0.3, 0.4) is 0 Å². The molecule has 2 aliphatic heterocycles. The molecule has 0 aromatic heterocycles. The van der Waals surface area contributed by atoms with E-state index in [4.69, 9.17) is 0 Å². The van der Waals surface area contributed by atoms with Crippen molar-refractivity contribution in [3.63, 3.8) is 0 Å². The number of unbranched alkanes of at least 4 members (excludes halogenated alkanes) is 1. The van der Waals surface area contributed by atoms with E-state index in [1.54, 1.807) is 86.1 Å². The molecule has 1 atom stereocenters. The maximum atomic E-state index is 12.6. The van der Waals surface area contributed by atoms with Crippen LogP contribution in [-0.4, -0.2) is 120 Å². The summed E-state index contributed by atoms with van der Waals surface area (Å²) in [6.07, 6.45) is 10.9. The Morgan fingerprint density at radius 3 is 1.56 bits per heavy atom. The molecule has 0 fully saturated rings. The van der Waals surface area contributed by atoms with E-state index < -0.39 is 115 Å². The molecule has 1 N–H and O–H groups in total. The molecule has 0 bridgehead atoms. The van der Waals surface area contributed by atoms with Gasteiger partial charge in [-0.15, -0.1) is 0 Å². The summed E-state index contributed by atoms with van der Waals surface area (Å²) in [4.78, 5) is 10.7. The van der Waals surface area contributed by atoms with Crippen LogP contribution in [0.15, 0.2) is 135 Å². The largest absolute Gasteiger partial charge is 1.00 e. The van der Waals surface area contributed by atoms with Crippen LogP contribution in [0.1, 0.15) is 82.1 Å². The predicted molar refractivity (Wildman–Crippen MR) is 289 cm³/mol. The molecule has 0 amide bonds. The molecule has 0 saturated heterocycles. The second kappa shape index (κ2) is 32.5. The minimum absolute atomic E-state index is 0. The number of carboxylic acid groups (broad SMARTS) is 1. The van der Waals surface area contributed by atoms with E-state index in [-0.39, 0.29) is 242 Å². The van der Waals surface area contributed by atoms with Crippen LogP contribution >= 0.6 is 0 Å². The van der Waals surface area contributed by atoms with Crippen molar-refractivity contribution in [2.75, 3.05) is 34.4 Å². The van der Waals surface area contributed by atoms with Gasteiger partial charge in [0.1, 0.15) is 40.5 Å². The van der Waals surface area contributed by atoms with Crippen molar-refractivity contribution in [2.24, 2.45) is 0 Å². The summed E-state index contributed by atoms with van der Waals surface area (Å²) in [5.74, 6) is -2.53. The number of hydrogen-bond donors (Lipinski definition) is 1. The second-order valence-corrected chi connectivity index (χ2v) is 28.9. The average molecular weight is 1360 g/mol. The maximum Gasteiger partial charge on any atom is 1.00 e. The van der Waals surface area contributed by atoms with Crippen molar-refractivity contribution in [1.29, 1.82) is 0 Å². The van der Waals surface area contributed by atoms with Gasteiger partial charge in [0.2, 0.25) is 0 Å². The molecule has 2 aliphatic rings. The summed E-state index contributed by atoms with van der Waals surface area (Å²) in [6, 6.07) is 14.7. The summed E-state index contributed by atoms with van der Waals surface area (Å²) >= 11 is 0. The summed E-state index contributed by atoms with van der Waals surface area (Å²) in [5, 5.41) is 8.68. The molecule has 1 unspecified atom stereocenters. The van der Waals surface area contributed by atoms with Gasteiger partial charge in [-0.25, -0.2) is 50.5 Å². The number of carbonyl (C=O) groups is 1. The van der Waals surface area contributed by atoms with E-state index in [2.05, 4.69) is 0 Å². The SMILES string of the molecule is CC1(C)\C(=C/C=C/C=C(/C=C/C2N(CCCS(=O)(=O)[O-])c3ccc4c(S(=O)(=O)[O-])cc(S(=O)(=O)[O-])cc4c3C2(C)C)c2cccc(CCCCC(=O)O)c2)N(CCCS(=O)(=O)[O-])c2ccc3c(S(=O)(=O)[O-])cc(S(=O)(=O)[O-])cc3c21.[Na+].[Na+].[Na+].[Na+].[Na+].[Na+]. The summed E-state index contributed by atoms with van der Waals surface area (Å²) in [5.41, 5.74) is 1.11. The van der Waals surface area contributed by atoms with Gasteiger partial charge in [0.15, 0.2) is 0 Å². The number of nitrogens with zero attached hydrogens (tertiary/aromatic N) is 2. The summed E-state index contributed by atoms with van der Waals surface area (Å²) in [6.45, 7) is 6.56. The summed E-state index contributed by atoms with van der Waals surface area (Å²) < 4.78 is 220. The molecular weight excluding hydrogens is 1300 g/mol. The number of hydrogen-bond acceptors (Lipinski definition) is 21. The molecular formula is C52H52N2Na6O20S6. The number of carboxylic acids is 1. The van der Waals surface area contributed by atoms with Crippen LogP contribution in [0.4, 0.5) is 11.4 Å². The molecule has 0 saturated carbocycles. The van der Waals surface area contributed by atoms with Crippen LogP contribution in [0.25, 0.3) is 27.1 Å². The van der Waals surface area contributed by atoms with E-state index in [0.29, 0.717) is 59.6 Å². The van der Waals surface area contributed by atoms with E-state index >= 15 is 0 Å². The molecule has 5 aromatic carbocycles. The Kier molecular flexibility index (Phi) is 31.8. The standard InChI is InChI=1S/C52H58N2O20S6.6Na/c1-51(2)46(53(24-10-26-75(57,58)59)42-21-19-38-40(49(42)51)29-36(77(63,64)65)31-44(38)79(69,70)71)16-7-6-14-34(35-15-9-13-33(28-35)12-5-8-17-48(55)56)18-23-47-52(3,4)50-41-30-37(78(66,67)68)32-45(80(72,73)74)39(41)20-22-43(50)54(47)25-11-27-76(60,61)62;;;;;;/h6-7,9,13-16,18-23,28-32,47H,5,8,10-12,17,24-27H2,1-4H3,(H,55,56)(H,57,58,59)(H,60,61,62)(H,63,64,65)(H,66,67,68)(H,69,70,71)(H,72,73,74);;;;;;/q;6*+1/p-6/b7-6+,23-18+,34-14-,46-16+;;;;;;. The van der Waals surface area contributed by atoms with Crippen LogP contribution in [0.5, 0.6) is 0 Å². The first-order valence-electron chi connectivity index (χ1n) is 24.4. The first kappa shape index (κ1) is 84.1. The zero-order valence-electron chi connectivity index (χ0n) is 49.1. The first-order chi connectivity index (χ1) is 36.8. The fourth-order valence-electron chi connectivity index (χ4n) is 10.7. The van der Waals surface area contributed by atoms with Crippen molar-refractivity contribution >= 4 is 105 Å². The van der Waals surface area contributed by atoms with Gasteiger partial charge < -0.3 is 42.2 Å². The van der Waals surface area contributed by atoms with Gasteiger partial charge in [-0.1, -0.05) is 94.5 Å². The zero-order valence-corrected chi connectivity index (χ0v) is 66.0. The van der Waals surface area contributed by atoms with Crippen molar-refractivity contribution in [2.45, 2.75) is 103 Å². The van der Waals surface area contributed by atoms with E-state index in [0.717, 1.165) is 17.7 Å². The molecule has 22 nitrogen and oxygen atoms in total. The normalized spacial score (nSPS) is 16.4. The first-order valence-corrected chi connectivity index (χ1v) is 33.2. The number of aryl methyl sites for hydroxylation is 1. The quantitative estimate of drug-likeness (QED) is 0.0291. The molecule has 7 rings (SSSR count). The number of allylic oxidation sites excluding steroid dienone is 7. The van der Waals surface area contributed by atoms with E-state index in [1.807, 2.05) is 12.1 Å². The van der Waals surface area contributed by atoms with Crippen LogP contribution in [0.2, 0.25) is 0 Å². The molecule has 2 heterocycles. The molecule has 432 valence electrons. The smallest absolute Gasteiger partial charge is 0.748 e. The molecule has 0 aliphatic carbocycles. The van der Waals surface area contributed by atoms with Crippen molar-refractivity contribution in [3.8, 4) is 0 Å². The van der Waals surface area contributed by atoms with E-state index in [1.165, 1.54) is 24.3 Å². The Hall–Kier alpha value is 0.110. The van der Waals surface area contributed by atoms with Crippen molar-refractivity contribution in [1.82, 2.24) is 0 Å². The van der Waals surface area contributed by atoms with Gasteiger partial charge in [0.05, 0.1) is 45.9 Å². The van der Waals surface area contributed by atoms with E-state index in [9.17, 15) is 87.7 Å². The third-order valence-electron chi connectivity index (χ3n) is 14.1. The fourth-order valence-corrected chi connectivity index (χ4v) is 14.3. The number of benzene rings is 5. The minimum atomic E-state index is -5.39. The maximum absolute atomic E-state index is 12.6. The Morgan fingerprint density at radius 2 is 1.07 bits per heavy atom. The number of anilines is 2. The average Bonchev–Trinajstić information content (AvgIpc) is 3.95. The summed E-state index contributed by atoms with van der Waals surface area (Å²) in [7, 11) is -30.9. The van der Waals surface area contributed by atoms with Gasteiger partial charge in [-0.2, -0.15) is 0 Å². The third-order valence-corrected chi connectivity index (χ3v) is 19.1. The number of aliphatic carboxylic acids is 1.